The minimum absolute atomic E-state index is 0.134. The first-order chi connectivity index (χ1) is 9.65. The Morgan fingerprint density at radius 2 is 2.05 bits per heavy atom. The maximum absolute atomic E-state index is 14.0. The molecule has 0 spiro atoms. The molecule has 0 aromatic heterocycles. The summed E-state index contributed by atoms with van der Waals surface area (Å²) in [5, 5.41) is 8.87. The van der Waals surface area contributed by atoms with E-state index in [0.717, 1.165) is 12.1 Å². The molecular formula is C12H16BrFN2O4S. The van der Waals surface area contributed by atoms with Crippen molar-refractivity contribution >= 4 is 31.9 Å². The van der Waals surface area contributed by atoms with Gasteiger partial charge in [-0.3, -0.25) is 0 Å². The standard InChI is InChI=1S/C12H16BrFN2O4S/c1-16(2)5-3-4-15-21(19,20)10-7-8(13)6-9(11(10)14)12(17)18/h6-7,15H,3-5H2,1-2H3,(H,17,18). The van der Waals surface area contributed by atoms with Crippen molar-refractivity contribution in [3.63, 3.8) is 0 Å². The molecule has 21 heavy (non-hydrogen) atoms. The SMILES string of the molecule is CN(C)CCCNS(=O)(=O)c1cc(Br)cc(C(=O)O)c1F. The number of sulfonamides is 1. The molecule has 0 unspecified atom stereocenters. The number of rotatable bonds is 7. The Hall–Kier alpha value is -1.03. The van der Waals surface area contributed by atoms with Crippen LogP contribution in [-0.2, 0) is 10.0 Å². The van der Waals surface area contributed by atoms with Crippen molar-refractivity contribution in [2.75, 3.05) is 27.2 Å². The van der Waals surface area contributed by atoms with Crippen LogP contribution in [0.15, 0.2) is 21.5 Å². The van der Waals surface area contributed by atoms with Gasteiger partial charge in [0, 0.05) is 11.0 Å². The molecule has 2 N–H and O–H groups in total. The van der Waals surface area contributed by atoms with Crippen LogP contribution in [0.5, 0.6) is 0 Å². The number of benzene rings is 1. The summed E-state index contributed by atoms with van der Waals surface area (Å²) in [5.41, 5.74) is -0.696. The zero-order valence-corrected chi connectivity index (χ0v) is 14.0. The molecule has 0 radical (unpaired) electrons. The minimum Gasteiger partial charge on any atom is -0.478 e. The molecule has 0 fully saturated rings. The van der Waals surface area contributed by atoms with E-state index in [1.165, 1.54) is 0 Å². The van der Waals surface area contributed by atoms with Crippen LogP contribution in [0.25, 0.3) is 0 Å². The van der Waals surface area contributed by atoms with E-state index in [1.807, 2.05) is 19.0 Å². The molecule has 0 aliphatic rings. The Morgan fingerprint density at radius 3 is 2.57 bits per heavy atom. The zero-order valence-electron chi connectivity index (χ0n) is 11.6. The van der Waals surface area contributed by atoms with Crippen molar-refractivity contribution in [1.29, 1.82) is 0 Å². The number of carboxylic acids is 1. The van der Waals surface area contributed by atoms with Gasteiger partial charge in [0.2, 0.25) is 10.0 Å². The van der Waals surface area contributed by atoms with Crippen LogP contribution in [0.3, 0.4) is 0 Å². The van der Waals surface area contributed by atoms with Gasteiger partial charge >= 0.3 is 5.97 Å². The van der Waals surface area contributed by atoms with Crippen molar-refractivity contribution in [1.82, 2.24) is 9.62 Å². The monoisotopic (exact) mass is 382 g/mol. The second kappa shape index (κ2) is 7.30. The topological polar surface area (TPSA) is 86.7 Å². The molecular weight excluding hydrogens is 367 g/mol. The summed E-state index contributed by atoms with van der Waals surface area (Å²) in [5.74, 6) is -2.80. The highest BCUT2D eigenvalue weighted by Crippen LogP contribution is 2.24. The Balaban J connectivity index is 3.00. The summed E-state index contributed by atoms with van der Waals surface area (Å²) < 4.78 is 40.5. The molecule has 6 nitrogen and oxygen atoms in total. The third kappa shape index (κ3) is 5.03. The van der Waals surface area contributed by atoms with Gasteiger partial charge in [-0.2, -0.15) is 0 Å². The van der Waals surface area contributed by atoms with Crippen molar-refractivity contribution in [3.8, 4) is 0 Å². The number of carboxylic acid groups (broad SMARTS) is 1. The number of nitrogens with zero attached hydrogens (tertiary/aromatic N) is 1. The van der Waals surface area contributed by atoms with Gasteiger partial charge in [-0.1, -0.05) is 15.9 Å². The summed E-state index contributed by atoms with van der Waals surface area (Å²) in [6, 6.07) is 2.05. The van der Waals surface area contributed by atoms with E-state index in [0.29, 0.717) is 13.0 Å². The lowest BCUT2D eigenvalue weighted by Gasteiger charge is -2.12. The van der Waals surface area contributed by atoms with Gasteiger partial charge < -0.3 is 10.0 Å². The van der Waals surface area contributed by atoms with E-state index >= 15 is 0 Å². The first-order valence-corrected chi connectivity index (χ1v) is 8.29. The average Bonchev–Trinajstić information content (AvgIpc) is 2.36. The zero-order chi connectivity index (χ0) is 16.2. The van der Waals surface area contributed by atoms with Gasteiger partial charge in [-0.05, 0) is 39.2 Å². The van der Waals surface area contributed by atoms with E-state index in [1.54, 1.807) is 0 Å². The van der Waals surface area contributed by atoms with E-state index in [9.17, 15) is 17.6 Å². The largest absolute Gasteiger partial charge is 0.478 e. The molecule has 0 aliphatic heterocycles. The highest BCUT2D eigenvalue weighted by molar-refractivity contribution is 9.10. The number of hydrogen-bond donors (Lipinski definition) is 2. The molecule has 118 valence electrons. The van der Waals surface area contributed by atoms with E-state index in [2.05, 4.69) is 20.7 Å². The molecule has 1 aromatic rings. The van der Waals surface area contributed by atoms with Crippen LogP contribution in [0.2, 0.25) is 0 Å². The van der Waals surface area contributed by atoms with Crippen molar-refractivity contribution in [2.24, 2.45) is 0 Å². The molecule has 0 amide bonds. The second-order valence-electron chi connectivity index (χ2n) is 4.63. The van der Waals surface area contributed by atoms with Crippen molar-refractivity contribution in [3.05, 3.63) is 28.0 Å². The molecule has 1 rings (SSSR count). The lowest BCUT2D eigenvalue weighted by Crippen LogP contribution is -2.28. The fourth-order valence-electron chi connectivity index (χ4n) is 1.59. The lowest BCUT2D eigenvalue weighted by atomic mass is 10.2. The maximum Gasteiger partial charge on any atom is 0.338 e. The van der Waals surface area contributed by atoms with Crippen LogP contribution in [0, 0.1) is 5.82 Å². The van der Waals surface area contributed by atoms with Gasteiger partial charge in [0.05, 0.1) is 5.56 Å². The molecule has 0 saturated carbocycles. The molecule has 0 saturated heterocycles. The third-order valence-electron chi connectivity index (χ3n) is 2.60. The van der Waals surface area contributed by atoms with Crippen LogP contribution < -0.4 is 4.72 Å². The summed E-state index contributed by atoms with van der Waals surface area (Å²) in [6.45, 7) is 0.804. The Morgan fingerprint density at radius 1 is 1.43 bits per heavy atom. The average molecular weight is 383 g/mol. The van der Waals surface area contributed by atoms with Gasteiger partial charge in [-0.25, -0.2) is 22.3 Å². The van der Waals surface area contributed by atoms with Crippen molar-refractivity contribution < 1.29 is 22.7 Å². The Kier molecular flexibility index (Phi) is 6.26. The molecule has 0 atom stereocenters. The van der Waals surface area contributed by atoms with Gasteiger partial charge in [0.1, 0.15) is 4.90 Å². The van der Waals surface area contributed by atoms with Crippen LogP contribution >= 0.6 is 15.9 Å². The molecule has 9 heteroatoms. The number of carbonyl (C=O) groups is 1. The molecule has 1 aromatic carbocycles. The molecule has 0 aliphatic carbocycles. The quantitative estimate of drug-likeness (QED) is 0.698. The van der Waals surface area contributed by atoms with E-state index in [-0.39, 0.29) is 11.0 Å². The maximum atomic E-state index is 14.0. The van der Waals surface area contributed by atoms with Gasteiger partial charge in [-0.15, -0.1) is 0 Å². The third-order valence-corrected chi connectivity index (χ3v) is 4.52. The van der Waals surface area contributed by atoms with Gasteiger partial charge in [0.25, 0.3) is 0 Å². The summed E-state index contributed by atoms with van der Waals surface area (Å²) in [7, 11) is -0.407. The number of halogens is 2. The highest BCUT2D eigenvalue weighted by atomic mass is 79.9. The second-order valence-corrected chi connectivity index (χ2v) is 7.28. The summed E-state index contributed by atoms with van der Waals surface area (Å²) >= 11 is 2.98. The fraction of sp³-hybridized carbons (Fsp3) is 0.417. The molecule has 0 bridgehead atoms. The number of aromatic carboxylic acids is 1. The van der Waals surface area contributed by atoms with Crippen LogP contribution in [0.1, 0.15) is 16.8 Å². The van der Waals surface area contributed by atoms with E-state index < -0.39 is 32.3 Å². The predicted octanol–water partition coefficient (Wildman–Crippen LogP) is 1.52. The minimum atomic E-state index is -4.10. The first-order valence-electron chi connectivity index (χ1n) is 6.02. The van der Waals surface area contributed by atoms with Crippen LogP contribution in [0.4, 0.5) is 4.39 Å². The first kappa shape index (κ1) is 18.0. The van der Waals surface area contributed by atoms with Crippen LogP contribution in [-0.4, -0.2) is 51.6 Å². The normalized spacial score (nSPS) is 11.9. The predicted molar refractivity (Wildman–Crippen MR) is 79.4 cm³/mol. The summed E-state index contributed by atoms with van der Waals surface area (Å²) in [6.07, 6.45) is 0.549. The van der Waals surface area contributed by atoms with Crippen molar-refractivity contribution in [2.45, 2.75) is 11.3 Å². The lowest BCUT2D eigenvalue weighted by molar-refractivity contribution is 0.0691. The smallest absolute Gasteiger partial charge is 0.338 e. The highest BCUT2D eigenvalue weighted by Gasteiger charge is 2.24. The number of hydrogen-bond acceptors (Lipinski definition) is 4. The Labute approximate surface area is 131 Å². The Bertz CT molecular complexity index is 634. The van der Waals surface area contributed by atoms with E-state index in [4.69, 9.17) is 5.11 Å². The molecule has 0 heterocycles. The van der Waals surface area contributed by atoms with Gasteiger partial charge in [0.15, 0.2) is 5.82 Å². The summed E-state index contributed by atoms with van der Waals surface area (Å²) in [4.78, 5) is 12.1. The number of nitrogens with one attached hydrogen (secondary N) is 1. The fourth-order valence-corrected chi connectivity index (χ4v) is 3.40.